The third-order valence-electron chi connectivity index (χ3n) is 0.421. The largest absolute Gasteiger partial charge is 0.229 e. The fourth-order valence-electron chi connectivity index (χ4n) is 0.0673. The van der Waals surface area contributed by atoms with E-state index in [1.165, 1.54) is 0 Å². The summed E-state index contributed by atoms with van der Waals surface area (Å²) in [7, 11) is 0. The van der Waals surface area contributed by atoms with Gasteiger partial charge in [0.2, 0.25) is 0 Å². The Hall–Kier alpha value is 0.990. The molecule has 0 aliphatic carbocycles. The van der Waals surface area contributed by atoms with Crippen LogP contribution < -0.4 is 0 Å². The van der Waals surface area contributed by atoms with Gasteiger partial charge in [-0.2, -0.15) is 0 Å². The maximum absolute atomic E-state index is 11.7. The van der Waals surface area contributed by atoms with Gasteiger partial charge in [0.05, 0.1) is 4.83 Å². The van der Waals surface area contributed by atoms with Crippen LogP contribution in [0.3, 0.4) is 0 Å². The maximum atomic E-state index is 11.7. The standard InChI is InChI=1S/C3H4BrCl2F/c4-2(1-5)3(6)7/h2-3H,1H2. The van der Waals surface area contributed by atoms with Crippen molar-refractivity contribution in [1.29, 1.82) is 0 Å². The van der Waals surface area contributed by atoms with Crippen molar-refractivity contribution >= 4 is 39.1 Å². The molecule has 0 spiro atoms. The van der Waals surface area contributed by atoms with Crippen LogP contribution in [0.4, 0.5) is 4.39 Å². The Morgan fingerprint density at radius 2 is 2.14 bits per heavy atom. The number of rotatable bonds is 2. The van der Waals surface area contributed by atoms with Crippen LogP contribution in [0.25, 0.3) is 0 Å². The lowest BCUT2D eigenvalue weighted by Crippen LogP contribution is -2.09. The van der Waals surface area contributed by atoms with E-state index in [0.717, 1.165) is 0 Å². The van der Waals surface area contributed by atoms with Crippen molar-refractivity contribution in [2.24, 2.45) is 0 Å². The summed E-state index contributed by atoms with van der Waals surface area (Å²) in [6, 6.07) is 0. The van der Waals surface area contributed by atoms with Gasteiger partial charge in [0.15, 0.2) is 5.63 Å². The van der Waals surface area contributed by atoms with Crippen molar-refractivity contribution in [2.45, 2.75) is 10.5 Å². The van der Waals surface area contributed by atoms with E-state index < -0.39 is 10.5 Å². The first-order chi connectivity index (χ1) is 3.18. The first kappa shape index (κ1) is 7.99. The molecule has 0 aromatic carbocycles. The van der Waals surface area contributed by atoms with E-state index in [-0.39, 0.29) is 5.88 Å². The SMILES string of the molecule is FC(Cl)C(Br)CCl. The quantitative estimate of drug-likeness (QED) is 0.614. The van der Waals surface area contributed by atoms with Gasteiger partial charge >= 0.3 is 0 Å². The molecule has 7 heavy (non-hydrogen) atoms. The van der Waals surface area contributed by atoms with Crippen LogP contribution in [-0.4, -0.2) is 16.3 Å². The molecule has 0 rings (SSSR count). The van der Waals surface area contributed by atoms with Crippen LogP contribution >= 0.6 is 39.1 Å². The van der Waals surface area contributed by atoms with Gasteiger partial charge < -0.3 is 0 Å². The summed E-state index contributed by atoms with van der Waals surface area (Å²) in [5, 5.41) is 0. The first-order valence-corrected chi connectivity index (χ1v) is 3.55. The Morgan fingerprint density at radius 3 is 2.14 bits per heavy atom. The van der Waals surface area contributed by atoms with Gasteiger partial charge in [-0.25, -0.2) is 4.39 Å². The van der Waals surface area contributed by atoms with Crippen molar-refractivity contribution in [1.82, 2.24) is 0 Å². The molecule has 0 aromatic rings. The topological polar surface area (TPSA) is 0 Å². The van der Waals surface area contributed by atoms with E-state index in [1.807, 2.05) is 0 Å². The van der Waals surface area contributed by atoms with Gasteiger partial charge in [0, 0.05) is 5.88 Å². The zero-order valence-corrected chi connectivity index (χ0v) is 6.47. The molecule has 0 amide bonds. The average Bonchev–Trinajstić information content (AvgIpc) is 1.65. The Balaban J connectivity index is 3.14. The van der Waals surface area contributed by atoms with Crippen molar-refractivity contribution in [2.75, 3.05) is 5.88 Å². The normalized spacial score (nSPS) is 18.9. The van der Waals surface area contributed by atoms with E-state index in [0.29, 0.717) is 0 Å². The molecule has 0 saturated carbocycles. The lowest BCUT2D eigenvalue weighted by atomic mass is 10.5. The molecular weight excluding hydrogens is 206 g/mol. The van der Waals surface area contributed by atoms with Crippen LogP contribution in [-0.2, 0) is 0 Å². The van der Waals surface area contributed by atoms with Crippen LogP contribution in [0, 0.1) is 0 Å². The first-order valence-electron chi connectivity index (χ1n) is 1.66. The monoisotopic (exact) mass is 208 g/mol. The maximum Gasteiger partial charge on any atom is 0.187 e. The second-order valence-electron chi connectivity index (χ2n) is 1.00. The van der Waals surface area contributed by atoms with Gasteiger partial charge in [-0.3, -0.25) is 0 Å². The molecule has 4 heteroatoms. The summed E-state index contributed by atoms with van der Waals surface area (Å²) >= 11 is 13.0. The van der Waals surface area contributed by atoms with Gasteiger partial charge in [-0.1, -0.05) is 27.5 Å². The predicted molar refractivity (Wildman–Crippen MR) is 34.2 cm³/mol. The third kappa shape index (κ3) is 3.56. The molecule has 0 aliphatic heterocycles. The predicted octanol–water partition coefficient (Wildman–Crippen LogP) is 2.52. The van der Waals surface area contributed by atoms with Crippen molar-refractivity contribution < 1.29 is 4.39 Å². The van der Waals surface area contributed by atoms with E-state index in [2.05, 4.69) is 15.9 Å². The Labute approximate surface area is 60.1 Å². The minimum Gasteiger partial charge on any atom is -0.229 e. The molecule has 0 heterocycles. The van der Waals surface area contributed by atoms with E-state index in [4.69, 9.17) is 23.2 Å². The fourth-order valence-corrected chi connectivity index (χ4v) is 0.404. The molecule has 44 valence electrons. The van der Waals surface area contributed by atoms with Crippen LogP contribution in [0.2, 0.25) is 0 Å². The molecule has 0 N–H and O–H groups in total. The van der Waals surface area contributed by atoms with E-state index in [1.54, 1.807) is 0 Å². The van der Waals surface area contributed by atoms with Gasteiger partial charge in [-0.05, 0) is 0 Å². The molecule has 0 radical (unpaired) electrons. The highest BCUT2D eigenvalue weighted by atomic mass is 79.9. The molecular formula is C3H4BrCl2F. The lowest BCUT2D eigenvalue weighted by Gasteiger charge is -2.01. The lowest BCUT2D eigenvalue weighted by molar-refractivity contribution is 0.447. The fraction of sp³-hybridized carbons (Fsp3) is 1.00. The average molecular weight is 210 g/mol. The Kier molecular flexibility index (Phi) is 4.48. The molecule has 2 unspecified atom stereocenters. The van der Waals surface area contributed by atoms with E-state index in [9.17, 15) is 4.39 Å². The number of halogens is 4. The number of alkyl halides is 4. The van der Waals surface area contributed by atoms with Crippen LogP contribution in [0.15, 0.2) is 0 Å². The zero-order chi connectivity index (χ0) is 5.86. The van der Waals surface area contributed by atoms with E-state index >= 15 is 0 Å². The van der Waals surface area contributed by atoms with Gasteiger partial charge in [-0.15, -0.1) is 11.6 Å². The van der Waals surface area contributed by atoms with Crippen molar-refractivity contribution in [3.63, 3.8) is 0 Å². The van der Waals surface area contributed by atoms with Crippen LogP contribution in [0.1, 0.15) is 0 Å². The van der Waals surface area contributed by atoms with Gasteiger partial charge in [0.25, 0.3) is 0 Å². The zero-order valence-electron chi connectivity index (χ0n) is 3.37. The summed E-state index contributed by atoms with van der Waals surface area (Å²) in [5.74, 6) is 0.199. The minimum absolute atomic E-state index is 0.199. The highest BCUT2D eigenvalue weighted by Crippen LogP contribution is 2.13. The molecule has 0 fully saturated rings. The molecule has 2 atom stereocenters. The highest BCUT2D eigenvalue weighted by Gasteiger charge is 2.11. The molecule has 0 saturated heterocycles. The molecule has 0 nitrogen and oxygen atoms in total. The molecule has 0 bridgehead atoms. The molecule has 0 aromatic heterocycles. The Bertz CT molecular complexity index is 50.2. The smallest absolute Gasteiger partial charge is 0.187 e. The number of hydrogen-bond donors (Lipinski definition) is 0. The summed E-state index contributed by atoms with van der Waals surface area (Å²) in [6.07, 6.45) is 0. The second-order valence-corrected chi connectivity index (χ2v) is 2.91. The minimum atomic E-state index is -1.38. The third-order valence-corrected chi connectivity index (χ3v) is 2.52. The van der Waals surface area contributed by atoms with Crippen molar-refractivity contribution in [3.05, 3.63) is 0 Å². The van der Waals surface area contributed by atoms with Crippen LogP contribution in [0.5, 0.6) is 0 Å². The molecule has 0 aliphatic rings. The highest BCUT2D eigenvalue weighted by molar-refractivity contribution is 9.09. The second kappa shape index (κ2) is 3.93. The van der Waals surface area contributed by atoms with Crippen molar-refractivity contribution in [3.8, 4) is 0 Å². The van der Waals surface area contributed by atoms with Gasteiger partial charge in [0.1, 0.15) is 0 Å². The number of hydrogen-bond acceptors (Lipinski definition) is 0. The summed E-state index contributed by atoms with van der Waals surface area (Å²) < 4.78 is 11.7. The Morgan fingerprint density at radius 1 is 1.71 bits per heavy atom. The summed E-state index contributed by atoms with van der Waals surface area (Å²) in [4.78, 5) is -0.421. The summed E-state index contributed by atoms with van der Waals surface area (Å²) in [5.41, 5.74) is -1.38. The summed E-state index contributed by atoms with van der Waals surface area (Å²) in [6.45, 7) is 0.